The molecule has 1 aromatic heterocycles. The van der Waals surface area contributed by atoms with Gasteiger partial charge in [-0.2, -0.15) is 5.10 Å². The highest BCUT2D eigenvalue weighted by molar-refractivity contribution is 5.80. The minimum Gasteiger partial charge on any atom is -0.368 e. The van der Waals surface area contributed by atoms with Gasteiger partial charge >= 0.3 is 0 Å². The van der Waals surface area contributed by atoms with Crippen molar-refractivity contribution in [1.82, 2.24) is 20.1 Å². The van der Waals surface area contributed by atoms with E-state index >= 15 is 0 Å². The lowest BCUT2D eigenvalue weighted by Crippen LogP contribution is -2.46. The number of hydrogen-bond donors (Lipinski definition) is 2. The fourth-order valence-corrected chi connectivity index (χ4v) is 1.31. The van der Waals surface area contributed by atoms with Crippen molar-refractivity contribution in [3.8, 4) is 0 Å². The minimum atomic E-state index is -0.415. The molecule has 0 spiro atoms. The minimum absolute atomic E-state index is 0.130. The monoisotopic (exact) mass is 197 g/mol. The zero-order valence-electron chi connectivity index (χ0n) is 8.34. The Hall–Kier alpha value is -1.43. The topological polar surface area (TPSA) is 85.8 Å². The number of amides is 1. The van der Waals surface area contributed by atoms with Crippen LogP contribution < -0.4 is 11.1 Å². The van der Waals surface area contributed by atoms with Crippen LogP contribution in [0.2, 0.25) is 0 Å². The SMILES string of the molecule is CCNC(C(N)=O)C(C)n1cncn1. The maximum atomic E-state index is 11.1. The molecule has 1 rings (SSSR count). The summed E-state index contributed by atoms with van der Waals surface area (Å²) in [7, 11) is 0. The summed E-state index contributed by atoms with van der Waals surface area (Å²) in [4.78, 5) is 14.9. The molecule has 0 bridgehead atoms. The van der Waals surface area contributed by atoms with Gasteiger partial charge in [0.05, 0.1) is 6.04 Å². The first-order valence-corrected chi connectivity index (χ1v) is 4.53. The Morgan fingerprint density at radius 2 is 2.43 bits per heavy atom. The zero-order valence-corrected chi connectivity index (χ0v) is 8.34. The van der Waals surface area contributed by atoms with Gasteiger partial charge in [-0.3, -0.25) is 4.79 Å². The van der Waals surface area contributed by atoms with E-state index < -0.39 is 6.04 Å². The molecule has 2 unspecified atom stereocenters. The fourth-order valence-electron chi connectivity index (χ4n) is 1.31. The van der Waals surface area contributed by atoms with Gasteiger partial charge in [-0.05, 0) is 13.5 Å². The molecule has 0 saturated heterocycles. The van der Waals surface area contributed by atoms with E-state index in [2.05, 4.69) is 15.4 Å². The molecule has 6 nitrogen and oxygen atoms in total. The van der Waals surface area contributed by atoms with Crippen LogP contribution in [0.15, 0.2) is 12.7 Å². The van der Waals surface area contributed by atoms with Gasteiger partial charge in [0, 0.05) is 0 Å². The number of nitrogens with zero attached hydrogens (tertiary/aromatic N) is 3. The summed E-state index contributed by atoms with van der Waals surface area (Å²) in [6.45, 7) is 4.48. The Morgan fingerprint density at radius 1 is 1.71 bits per heavy atom. The highest BCUT2D eigenvalue weighted by atomic mass is 16.1. The zero-order chi connectivity index (χ0) is 10.6. The largest absolute Gasteiger partial charge is 0.368 e. The lowest BCUT2D eigenvalue weighted by atomic mass is 10.1. The summed E-state index contributed by atoms with van der Waals surface area (Å²) < 4.78 is 1.61. The Morgan fingerprint density at radius 3 is 2.86 bits per heavy atom. The fraction of sp³-hybridized carbons (Fsp3) is 0.625. The first kappa shape index (κ1) is 10.6. The number of nitrogens with two attached hydrogens (primary N) is 1. The van der Waals surface area contributed by atoms with Crippen LogP contribution in [0.25, 0.3) is 0 Å². The number of rotatable bonds is 5. The number of nitrogens with one attached hydrogen (secondary N) is 1. The third-order valence-corrected chi connectivity index (χ3v) is 2.07. The first-order chi connectivity index (χ1) is 6.66. The molecule has 1 aromatic rings. The van der Waals surface area contributed by atoms with Gasteiger partial charge in [0.2, 0.25) is 5.91 Å². The number of hydrogen-bond acceptors (Lipinski definition) is 4. The van der Waals surface area contributed by atoms with Crippen LogP contribution in [-0.4, -0.2) is 33.3 Å². The van der Waals surface area contributed by atoms with E-state index in [1.165, 1.54) is 6.33 Å². The quantitative estimate of drug-likeness (QED) is 0.653. The molecule has 6 heteroatoms. The summed E-state index contributed by atoms with van der Waals surface area (Å²) in [5.74, 6) is -0.380. The molecule has 0 saturated carbocycles. The molecule has 2 atom stereocenters. The second-order valence-electron chi connectivity index (χ2n) is 3.05. The summed E-state index contributed by atoms with van der Waals surface area (Å²) in [5.41, 5.74) is 5.27. The molecule has 78 valence electrons. The van der Waals surface area contributed by atoms with Gasteiger partial charge in [-0.25, -0.2) is 9.67 Å². The molecule has 0 aliphatic heterocycles. The van der Waals surface area contributed by atoms with Crippen molar-refractivity contribution < 1.29 is 4.79 Å². The summed E-state index contributed by atoms with van der Waals surface area (Å²) >= 11 is 0. The molecule has 3 N–H and O–H groups in total. The molecule has 0 aliphatic rings. The summed E-state index contributed by atoms with van der Waals surface area (Å²) in [5, 5.41) is 6.97. The van der Waals surface area contributed by atoms with Crippen molar-refractivity contribution >= 4 is 5.91 Å². The van der Waals surface area contributed by atoms with E-state index in [-0.39, 0.29) is 11.9 Å². The third kappa shape index (κ3) is 2.29. The Labute approximate surface area is 82.5 Å². The molecule has 0 radical (unpaired) electrons. The number of carbonyl (C=O) groups excluding carboxylic acids is 1. The highest BCUT2D eigenvalue weighted by Gasteiger charge is 2.23. The molecular weight excluding hydrogens is 182 g/mol. The smallest absolute Gasteiger partial charge is 0.236 e. The van der Waals surface area contributed by atoms with Gasteiger partial charge in [0.1, 0.15) is 18.7 Å². The normalized spacial score (nSPS) is 15.0. The van der Waals surface area contributed by atoms with Gasteiger partial charge in [-0.15, -0.1) is 0 Å². The van der Waals surface area contributed by atoms with Crippen LogP contribution in [0, 0.1) is 0 Å². The van der Waals surface area contributed by atoms with E-state index in [0.29, 0.717) is 6.54 Å². The van der Waals surface area contributed by atoms with Gasteiger partial charge in [0.25, 0.3) is 0 Å². The molecule has 14 heavy (non-hydrogen) atoms. The maximum Gasteiger partial charge on any atom is 0.236 e. The third-order valence-electron chi connectivity index (χ3n) is 2.07. The van der Waals surface area contributed by atoms with Gasteiger partial charge in [-0.1, -0.05) is 6.92 Å². The number of carbonyl (C=O) groups is 1. The van der Waals surface area contributed by atoms with E-state index in [1.807, 2.05) is 13.8 Å². The van der Waals surface area contributed by atoms with E-state index in [4.69, 9.17) is 5.73 Å². The lowest BCUT2D eigenvalue weighted by Gasteiger charge is -2.21. The van der Waals surface area contributed by atoms with Gasteiger partial charge < -0.3 is 11.1 Å². The van der Waals surface area contributed by atoms with Crippen molar-refractivity contribution in [1.29, 1.82) is 0 Å². The van der Waals surface area contributed by atoms with Crippen LogP contribution in [0.1, 0.15) is 19.9 Å². The average Bonchev–Trinajstić information content (AvgIpc) is 2.65. The lowest BCUT2D eigenvalue weighted by molar-refractivity contribution is -0.121. The van der Waals surface area contributed by atoms with E-state index in [0.717, 1.165) is 0 Å². The molecule has 1 heterocycles. The Kier molecular flexibility index (Phi) is 3.58. The van der Waals surface area contributed by atoms with Crippen LogP contribution >= 0.6 is 0 Å². The molecule has 0 aliphatic carbocycles. The Balaban J connectivity index is 2.73. The van der Waals surface area contributed by atoms with Crippen LogP contribution in [0.3, 0.4) is 0 Å². The van der Waals surface area contributed by atoms with Crippen LogP contribution in [0.5, 0.6) is 0 Å². The second kappa shape index (κ2) is 4.71. The number of primary amides is 1. The van der Waals surface area contributed by atoms with Crippen molar-refractivity contribution in [2.45, 2.75) is 25.9 Å². The standard InChI is InChI=1S/C8H15N5O/c1-3-11-7(8(9)14)6(2)13-5-10-4-12-13/h4-7,11H,3H2,1-2H3,(H2,9,14). The summed E-state index contributed by atoms with van der Waals surface area (Å²) in [6.07, 6.45) is 3.00. The van der Waals surface area contributed by atoms with Crippen molar-refractivity contribution in [2.24, 2.45) is 5.73 Å². The van der Waals surface area contributed by atoms with Gasteiger partial charge in [0.15, 0.2) is 0 Å². The van der Waals surface area contributed by atoms with Crippen LogP contribution in [-0.2, 0) is 4.79 Å². The first-order valence-electron chi connectivity index (χ1n) is 4.53. The average molecular weight is 197 g/mol. The Bertz CT molecular complexity index is 284. The van der Waals surface area contributed by atoms with Crippen molar-refractivity contribution in [2.75, 3.05) is 6.54 Å². The molecule has 0 aromatic carbocycles. The number of aromatic nitrogens is 3. The summed E-state index contributed by atoms with van der Waals surface area (Å²) in [6, 6.07) is -0.545. The molecular formula is C8H15N5O. The second-order valence-corrected chi connectivity index (χ2v) is 3.05. The van der Waals surface area contributed by atoms with Crippen LogP contribution in [0.4, 0.5) is 0 Å². The highest BCUT2D eigenvalue weighted by Crippen LogP contribution is 2.07. The van der Waals surface area contributed by atoms with E-state index in [1.54, 1.807) is 11.0 Å². The van der Waals surface area contributed by atoms with E-state index in [9.17, 15) is 4.79 Å². The number of likely N-dealkylation sites (N-methyl/N-ethyl adjacent to an activating group) is 1. The predicted octanol–water partition coefficient (Wildman–Crippen LogP) is -0.697. The predicted molar refractivity (Wildman–Crippen MR) is 51.4 cm³/mol. The maximum absolute atomic E-state index is 11.1. The van der Waals surface area contributed by atoms with Crippen molar-refractivity contribution in [3.05, 3.63) is 12.7 Å². The molecule has 0 fully saturated rings. The van der Waals surface area contributed by atoms with Crippen molar-refractivity contribution in [3.63, 3.8) is 0 Å². The molecule has 1 amide bonds.